The Morgan fingerprint density at radius 3 is 2.72 bits per heavy atom. The van der Waals surface area contributed by atoms with Gasteiger partial charge < -0.3 is 10.4 Å². The zero-order chi connectivity index (χ0) is 13.0. The van der Waals surface area contributed by atoms with Crippen LogP contribution in [0.3, 0.4) is 0 Å². The molecule has 0 aliphatic heterocycles. The number of rotatable bonds is 7. The van der Waals surface area contributed by atoms with E-state index in [0.717, 1.165) is 51.4 Å². The van der Waals surface area contributed by atoms with Crippen LogP contribution in [0.1, 0.15) is 45.4 Å². The van der Waals surface area contributed by atoms with Crippen LogP contribution in [0.4, 0.5) is 0 Å². The predicted octanol–water partition coefficient (Wildman–Crippen LogP) is 1.70. The smallest absolute Gasteiger partial charge is 0.306 e. The van der Waals surface area contributed by atoms with Crippen molar-refractivity contribution in [3.63, 3.8) is 0 Å². The molecule has 0 aromatic heterocycles. The average Bonchev–Trinajstić information content (AvgIpc) is 3.19. The zero-order valence-corrected chi connectivity index (χ0v) is 11.4. The first kappa shape index (κ1) is 13.8. The second-order valence-corrected chi connectivity index (χ2v) is 5.71. The summed E-state index contributed by atoms with van der Waals surface area (Å²) in [6, 6.07) is 1.24. The lowest BCUT2D eigenvalue weighted by molar-refractivity contribution is -0.143. The monoisotopic (exact) mass is 254 g/mol. The van der Waals surface area contributed by atoms with E-state index in [1.807, 2.05) is 0 Å². The maximum Gasteiger partial charge on any atom is 0.306 e. The second kappa shape index (κ2) is 6.53. The molecule has 104 valence electrons. The summed E-state index contributed by atoms with van der Waals surface area (Å²) in [5.41, 5.74) is 0. The highest BCUT2D eigenvalue weighted by atomic mass is 16.4. The molecule has 0 spiro atoms. The second-order valence-electron chi connectivity index (χ2n) is 5.71. The van der Waals surface area contributed by atoms with Crippen LogP contribution >= 0.6 is 0 Å². The number of likely N-dealkylation sites (N-methyl/N-ethyl adjacent to an activating group) is 1. The van der Waals surface area contributed by atoms with Gasteiger partial charge in [-0.05, 0) is 38.6 Å². The van der Waals surface area contributed by atoms with Gasteiger partial charge in [0.15, 0.2) is 0 Å². The van der Waals surface area contributed by atoms with E-state index in [9.17, 15) is 4.79 Å². The van der Waals surface area contributed by atoms with Gasteiger partial charge in [-0.1, -0.05) is 13.3 Å². The van der Waals surface area contributed by atoms with Crippen LogP contribution in [0.2, 0.25) is 0 Å². The molecule has 0 bridgehead atoms. The lowest BCUT2D eigenvalue weighted by Gasteiger charge is -2.28. The van der Waals surface area contributed by atoms with Crippen molar-refractivity contribution in [2.24, 2.45) is 5.92 Å². The minimum absolute atomic E-state index is 0.123. The number of hydrogen-bond acceptors (Lipinski definition) is 3. The van der Waals surface area contributed by atoms with Gasteiger partial charge in [0.1, 0.15) is 0 Å². The highest BCUT2D eigenvalue weighted by Gasteiger charge is 2.28. The molecule has 2 N–H and O–H groups in total. The van der Waals surface area contributed by atoms with Gasteiger partial charge in [0.25, 0.3) is 0 Å². The Labute approximate surface area is 110 Å². The summed E-state index contributed by atoms with van der Waals surface area (Å²) >= 11 is 0. The Morgan fingerprint density at radius 1 is 1.33 bits per heavy atom. The van der Waals surface area contributed by atoms with Crippen molar-refractivity contribution in [3.05, 3.63) is 0 Å². The molecular formula is C14H26N2O2. The largest absolute Gasteiger partial charge is 0.481 e. The van der Waals surface area contributed by atoms with Crippen LogP contribution in [0.5, 0.6) is 0 Å². The fourth-order valence-corrected chi connectivity index (χ4v) is 3.05. The average molecular weight is 254 g/mol. The fraction of sp³-hybridized carbons (Fsp3) is 0.929. The van der Waals surface area contributed by atoms with Gasteiger partial charge in [0, 0.05) is 25.2 Å². The van der Waals surface area contributed by atoms with Gasteiger partial charge in [-0.3, -0.25) is 9.69 Å². The molecule has 2 unspecified atom stereocenters. The van der Waals surface area contributed by atoms with Crippen molar-refractivity contribution in [3.8, 4) is 0 Å². The fourth-order valence-electron chi connectivity index (χ4n) is 3.05. The molecule has 2 rings (SSSR count). The third-order valence-corrected chi connectivity index (χ3v) is 4.32. The van der Waals surface area contributed by atoms with Crippen LogP contribution in [-0.2, 0) is 4.79 Å². The van der Waals surface area contributed by atoms with E-state index in [2.05, 4.69) is 17.1 Å². The topological polar surface area (TPSA) is 52.6 Å². The van der Waals surface area contributed by atoms with E-state index in [0.29, 0.717) is 6.04 Å². The summed E-state index contributed by atoms with van der Waals surface area (Å²) in [7, 11) is 0. The normalized spacial score (nSPS) is 28.6. The first-order valence-corrected chi connectivity index (χ1v) is 7.41. The number of carboxylic acids is 1. The minimum Gasteiger partial charge on any atom is -0.481 e. The quantitative estimate of drug-likeness (QED) is 0.726. The Balaban J connectivity index is 1.64. The molecule has 2 aliphatic carbocycles. The molecule has 2 atom stereocenters. The summed E-state index contributed by atoms with van der Waals surface area (Å²) < 4.78 is 0. The number of carbonyl (C=O) groups is 1. The van der Waals surface area contributed by atoms with Gasteiger partial charge in [0.05, 0.1) is 5.92 Å². The molecule has 0 heterocycles. The van der Waals surface area contributed by atoms with Gasteiger partial charge in [-0.15, -0.1) is 0 Å². The first-order valence-electron chi connectivity index (χ1n) is 7.41. The zero-order valence-electron chi connectivity index (χ0n) is 11.4. The molecule has 4 nitrogen and oxygen atoms in total. The van der Waals surface area contributed by atoms with E-state index in [1.165, 1.54) is 12.8 Å². The minimum atomic E-state index is -0.616. The SMILES string of the molecule is CCN(CCNC1CCCC(C(=O)O)C1)C1CC1. The highest BCUT2D eigenvalue weighted by molar-refractivity contribution is 5.70. The van der Waals surface area contributed by atoms with E-state index >= 15 is 0 Å². The first-order chi connectivity index (χ1) is 8.70. The Morgan fingerprint density at radius 2 is 2.11 bits per heavy atom. The molecule has 2 fully saturated rings. The maximum atomic E-state index is 11.0. The van der Waals surface area contributed by atoms with E-state index in [1.54, 1.807) is 0 Å². The van der Waals surface area contributed by atoms with Crippen molar-refractivity contribution in [2.75, 3.05) is 19.6 Å². The third-order valence-electron chi connectivity index (χ3n) is 4.32. The molecule has 0 radical (unpaired) electrons. The van der Waals surface area contributed by atoms with Crippen LogP contribution in [0, 0.1) is 5.92 Å². The maximum absolute atomic E-state index is 11.0. The van der Waals surface area contributed by atoms with Crippen LogP contribution in [-0.4, -0.2) is 47.7 Å². The van der Waals surface area contributed by atoms with Crippen LogP contribution < -0.4 is 5.32 Å². The van der Waals surface area contributed by atoms with Crippen LogP contribution in [0.15, 0.2) is 0 Å². The molecule has 0 aromatic rings. The van der Waals surface area contributed by atoms with Crippen molar-refractivity contribution in [2.45, 2.75) is 57.5 Å². The standard InChI is InChI=1S/C14H26N2O2/c1-2-16(13-6-7-13)9-8-15-12-5-3-4-11(10-12)14(17)18/h11-13,15H,2-10H2,1H3,(H,17,18). The van der Waals surface area contributed by atoms with Gasteiger partial charge in [-0.2, -0.15) is 0 Å². The summed E-state index contributed by atoms with van der Waals surface area (Å²) in [5, 5.41) is 12.6. The van der Waals surface area contributed by atoms with Gasteiger partial charge in [0.2, 0.25) is 0 Å². The van der Waals surface area contributed by atoms with Crippen molar-refractivity contribution >= 4 is 5.97 Å². The number of nitrogens with one attached hydrogen (secondary N) is 1. The molecule has 0 saturated heterocycles. The highest BCUT2D eigenvalue weighted by Crippen LogP contribution is 2.26. The third kappa shape index (κ3) is 3.95. The molecule has 0 aromatic carbocycles. The molecule has 2 saturated carbocycles. The molecular weight excluding hydrogens is 228 g/mol. The van der Waals surface area contributed by atoms with Gasteiger partial charge >= 0.3 is 5.97 Å². The van der Waals surface area contributed by atoms with Crippen LogP contribution in [0.25, 0.3) is 0 Å². The lowest BCUT2D eigenvalue weighted by atomic mass is 9.86. The predicted molar refractivity (Wildman–Crippen MR) is 71.7 cm³/mol. The summed E-state index contributed by atoms with van der Waals surface area (Å²) in [6.45, 7) is 5.46. The molecule has 18 heavy (non-hydrogen) atoms. The Bertz CT molecular complexity index is 279. The number of aliphatic carboxylic acids is 1. The molecule has 4 heteroatoms. The Hall–Kier alpha value is -0.610. The van der Waals surface area contributed by atoms with E-state index < -0.39 is 5.97 Å². The summed E-state index contributed by atoms with van der Waals surface area (Å²) in [4.78, 5) is 13.5. The summed E-state index contributed by atoms with van der Waals surface area (Å²) in [5.74, 6) is -0.739. The summed E-state index contributed by atoms with van der Waals surface area (Å²) in [6.07, 6.45) is 6.58. The van der Waals surface area contributed by atoms with E-state index in [-0.39, 0.29) is 5.92 Å². The van der Waals surface area contributed by atoms with Crippen molar-refractivity contribution in [1.82, 2.24) is 10.2 Å². The van der Waals surface area contributed by atoms with Gasteiger partial charge in [-0.25, -0.2) is 0 Å². The van der Waals surface area contributed by atoms with Crippen molar-refractivity contribution in [1.29, 1.82) is 0 Å². The van der Waals surface area contributed by atoms with Crippen molar-refractivity contribution < 1.29 is 9.90 Å². The number of nitrogens with zero attached hydrogens (tertiary/aromatic N) is 1. The number of hydrogen-bond donors (Lipinski definition) is 2. The molecule has 2 aliphatic rings. The van der Waals surface area contributed by atoms with E-state index in [4.69, 9.17) is 5.11 Å². The lowest BCUT2D eigenvalue weighted by Crippen LogP contribution is -2.41. The molecule has 0 amide bonds. The number of carboxylic acid groups (broad SMARTS) is 1. The Kier molecular flexibility index (Phi) is 5.01.